The lowest BCUT2D eigenvalue weighted by Crippen LogP contribution is -2.49. The molecule has 144 valence electrons. The number of imidazole rings is 1. The predicted molar refractivity (Wildman–Crippen MR) is 102 cm³/mol. The zero-order valence-corrected chi connectivity index (χ0v) is 16.4. The third-order valence-electron chi connectivity index (χ3n) is 4.23. The van der Waals surface area contributed by atoms with Gasteiger partial charge in [-0.15, -0.1) is 0 Å². The number of nitrogens with zero attached hydrogens (tertiary/aromatic N) is 3. The van der Waals surface area contributed by atoms with Crippen LogP contribution >= 0.6 is 11.8 Å². The number of para-hydroxylation sites is 1. The van der Waals surface area contributed by atoms with Crippen molar-refractivity contribution in [3.63, 3.8) is 0 Å². The molecule has 0 spiro atoms. The molecule has 1 fully saturated rings. The van der Waals surface area contributed by atoms with Crippen molar-refractivity contribution < 1.29 is 19.1 Å². The van der Waals surface area contributed by atoms with Crippen LogP contribution in [0.2, 0.25) is 0 Å². The van der Waals surface area contributed by atoms with Crippen LogP contribution in [0, 0.1) is 0 Å². The number of benzene rings is 1. The summed E-state index contributed by atoms with van der Waals surface area (Å²) in [5.74, 6) is -0.796. The Balaban J connectivity index is 1.70. The predicted octanol–water partition coefficient (Wildman–Crippen LogP) is 2.39. The second kappa shape index (κ2) is 8.58. The molecular weight excluding hydrogens is 366 g/mol. The SMILES string of the molecule is CSc1ncc(C(=O)OCC(=O)N2C[C@@H](C)O[C@H](C)C2)n1-c1ccccc1. The maximum atomic E-state index is 12.6. The first kappa shape index (κ1) is 19.4. The van der Waals surface area contributed by atoms with Gasteiger partial charge in [-0.2, -0.15) is 0 Å². The van der Waals surface area contributed by atoms with E-state index in [1.165, 1.54) is 18.0 Å². The maximum absolute atomic E-state index is 12.6. The quantitative estimate of drug-likeness (QED) is 0.577. The van der Waals surface area contributed by atoms with Gasteiger partial charge in [-0.25, -0.2) is 9.78 Å². The van der Waals surface area contributed by atoms with E-state index in [-0.39, 0.29) is 24.7 Å². The first-order valence-electron chi connectivity index (χ1n) is 8.77. The highest BCUT2D eigenvalue weighted by Gasteiger charge is 2.27. The van der Waals surface area contributed by atoms with Crippen LogP contribution in [0.3, 0.4) is 0 Å². The van der Waals surface area contributed by atoms with E-state index in [0.717, 1.165) is 5.69 Å². The summed E-state index contributed by atoms with van der Waals surface area (Å²) in [6.45, 7) is 4.54. The monoisotopic (exact) mass is 389 g/mol. The topological polar surface area (TPSA) is 73.7 Å². The summed E-state index contributed by atoms with van der Waals surface area (Å²) in [7, 11) is 0. The lowest BCUT2D eigenvalue weighted by atomic mass is 10.2. The summed E-state index contributed by atoms with van der Waals surface area (Å²) < 4.78 is 12.7. The number of thioether (sulfide) groups is 1. The minimum Gasteiger partial charge on any atom is -0.451 e. The summed E-state index contributed by atoms with van der Waals surface area (Å²) in [5.41, 5.74) is 1.11. The molecule has 2 heterocycles. The number of hydrogen-bond donors (Lipinski definition) is 0. The van der Waals surface area contributed by atoms with Gasteiger partial charge in [-0.1, -0.05) is 30.0 Å². The largest absolute Gasteiger partial charge is 0.451 e. The average molecular weight is 389 g/mol. The summed E-state index contributed by atoms with van der Waals surface area (Å²) in [5, 5.41) is 0.676. The molecule has 1 aliphatic heterocycles. The van der Waals surface area contributed by atoms with Gasteiger partial charge in [0, 0.05) is 18.8 Å². The Morgan fingerprint density at radius 2 is 1.89 bits per heavy atom. The lowest BCUT2D eigenvalue weighted by molar-refractivity contribution is -0.146. The van der Waals surface area contributed by atoms with Crippen LogP contribution in [0.5, 0.6) is 0 Å². The normalized spacial score (nSPS) is 19.7. The molecule has 7 nitrogen and oxygen atoms in total. The highest BCUT2D eigenvalue weighted by Crippen LogP contribution is 2.22. The first-order chi connectivity index (χ1) is 13.0. The minimum atomic E-state index is -0.575. The Labute approximate surface area is 162 Å². The van der Waals surface area contributed by atoms with Crippen LogP contribution in [0.4, 0.5) is 0 Å². The number of carbonyl (C=O) groups excluding carboxylic acids is 2. The van der Waals surface area contributed by atoms with E-state index in [4.69, 9.17) is 9.47 Å². The fraction of sp³-hybridized carbons (Fsp3) is 0.421. The lowest BCUT2D eigenvalue weighted by Gasteiger charge is -2.35. The number of amides is 1. The molecule has 1 aromatic carbocycles. The molecule has 1 saturated heterocycles. The van der Waals surface area contributed by atoms with Gasteiger partial charge in [0.05, 0.1) is 18.4 Å². The molecule has 0 saturated carbocycles. The third-order valence-corrected chi connectivity index (χ3v) is 4.89. The maximum Gasteiger partial charge on any atom is 0.357 e. The number of ether oxygens (including phenoxy) is 2. The van der Waals surface area contributed by atoms with Crippen molar-refractivity contribution in [2.45, 2.75) is 31.2 Å². The van der Waals surface area contributed by atoms with Crippen molar-refractivity contribution in [3.8, 4) is 5.69 Å². The molecule has 0 aliphatic carbocycles. The standard InChI is InChI=1S/C19H23N3O4S/c1-13-10-21(11-14(2)26-13)17(23)12-25-18(24)16-9-20-19(27-3)22(16)15-7-5-4-6-8-15/h4-9,13-14H,10-12H2,1-3H3/t13-,14-/m1/s1. The molecule has 0 bridgehead atoms. The van der Waals surface area contributed by atoms with E-state index in [1.807, 2.05) is 50.4 Å². The van der Waals surface area contributed by atoms with Gasteiger partial charge in [-0.3, -0.25) is 9.36 Å². The highest BCUT2D eigenvalue weighted by atomic mass is 32.2. The molecule has 0 radical (unpaired) electrons. The second-order valence-corrected chi connectivity index (χ2v) is 7.21. The molecule has 1 aliphatic rings. The molecule has 2 atom stereocenters. The van der Waals surface area contributed by atoms with Gasteiger partial charge >= 0.3 is 5.97 Å². The Morgan fingerprint density at radius 3 is 2.52 bits per heavy atom. The van der Waals surface area contributed by atoms with Crippen molar-refractivity contribution in [3.05, 3.63) is 42.2 Å². The molecular formula is C19H23N3O4S. The van der Waals surface area contributed by atoms with Crippen molar-refractivity contribution >= 4 is 23.6 Å². The molecule has 8 heteroatoms. The van der Waals surface area contributed by atoms with Gasteiger partial charge < -0.3 is 14.4 Å². The second-order valence-electron chi connectivity index (χ2n) is 6.43. The minimum absolute atomic E-state index is 0.0305. The average Bonchev–Trinajstić information content (AvgIpc) is 3.10. The summed E-state index contributed by atoms with van der Waals surface area (Å²) in [6, 6.07) is 9.46. The van der Waals surface area contributed by atoms with E-state index >= 15 is 0 Å². The number of carbonyl (C=O) groups is 2. The summed E-state index contributed by atoms with van der Waals surface area (Å²) >= 11 is 1.43. The van der Waals surface area contributed by atoms with Crippen LogP contribution in [-0.2, 0) is 14.3 Å². The van der Waals surface area contributed by atoms with E-state index in [0.29, 0.717) is 23.9 Å². The summed E-state index contributed by atoms with van der Waals surface area (Å²) in [4.78, 5) is 31.0. The smallest absolute Gasteiger partial charge is 0.357 e. The first-order valence-corrected chi connectivity index (χ1v) is 9.99. The van der Waals surface area contributed by atoms with Crippen LogP contribution in [0.25, 0.3) is 5.69 Å². The molecule has 27 heavy (non-hydrogen) atoms. The molecule has 1 aromatic heterocycles. The van der Waals surface area contributed by atoms with E-state index < -0.39 is 5.97 Å². The van der Waals surface area contributed by atoms with Gasteiger partial charge in [0.2, 0.25) is 0 Å². The number of morpholine rings is 1. The molecule has 0 N–H and O–H groups in total. The van der Waals surface area contributed by atoms with Crippen molar-refractivity contribution in [2.75, 3.05) is 26.0 Å². The van der Waals surface area contributed by atoms with Crippen LogP contribution < -0.4 is 0 Å². The number of aromatic nitrogens is 2. The number of hydrogen-bond acceptors (Lipinski definition) is 6. The van der Waals surface area contributed by atoms with Crippen molar-refractivity contribution in [1.29, 1.82) is 0 Å². The van der Waals surface area contributed by atoms with Crippen LogP contribution in [-0.4, -0.2) is 64.5 Å². The Kier molecular flexibility index (Phi) is 6.18. The third kappa shape index (κ3) is 4.51. The molecule has 2 aromatic rings. The zero-order valence-electron chi connectivity index (χ0n) is 15.6. The Hall–Kier alpha value is -2.32. The number of rotatable bonds is 5. The molecule has 3 rings (SSSR count). The van der Waals surface area contributed by atoms with Crippen LogP contribution in [0.15, 0.2) is 41.7 Å². The van der Waals surface area contributed by atoms with E-state index in [9.17, 15) is 9.59 Å². The fourth-order valence-corrected chi connectivity index (χ4v) is 3.67. The van der Waals surface area contributed by atoms with Gasteiger partial charge in [0.1, 0.15) is 0 Å². The number of esters is 1. The molecule has 0 unspecified atom stereocenters. The Bertz CT molecular complexity index is 799. The van der Waals surface area contributed by atoms with Gasteiger partial charge in [0.15, 0.2) is 17.5 Å². The fourth-order valence-electron chi connectivity index (χ4n) is 3.12. The van der Waals surface area contributed by atoms with Crippen molar-refractivity contribution in [1.82, 2.24) is 14.5 Å². The van der Waals surface area contributed by atoms with E-state index in [2.05, 4.69) is 4.98 Å². The van der Waals surface area contributed by atoms with Crippen LogP contribution in [0.1, 0.15) is 24.3 Å². The van der Waals surface area contributed by atoms with E-state index in [1.54, 1.807) is 9.47 Å². The Morgan fingerprint density at radius 1 is 1.22 bits per heavy atom. The van der Waals surface area contributed by atoms with Gasteiger partial charge in [-0.05, 0) is 32.2 Å². The zero-order chi connectivity index (χ0) is 19.4. The van der Waals surface area contributed by atoms with Crippen molar-refractivity contribution in [2.24, 2.45) is 0 Å². The van der Waals surface area contributed by atoms with Gasteiger partial charge in [0.25, 0.3) is 5.91 Å². The molecule has 1 amide bonds. The summed E-state index contributed by atoms with van der Waals surface area (Å²) in [6.07, 6.45) is 3.31. The highest BCUT2D eigenvalue weighted by molar-refractivity contribution is 7.98.